The van der Waals surface area contributed by atoms with Gasteiger partial charge >= 0.3 is 0 Å². The molecule has 3 rings (SSSR count). The number of nitrogens with one attached hydrogen (secondary N) is 1. The zero-order chi connectivity index (χ0) is 18.0. The van der Waals surface area contributed by atoms with Crippen LogP contribution in [-0.2, 0) is 9.59 Å². The van der Waals surface area contributed by atoms with E-state index >= 15 is 0 Å². The van der Waals surface area contributed by atoms with Crippen molar-refractivity contribution in [3.63, 3.8) is 0 Å². The highest BCUT2D eigenvalue weighted by Crippen LogP contribution is 2.30. The molecule has 25 heavy (non-hydrogen) atoms. The lowest BCUT2D eigenvalue weighted by molar-refractivity contribution is -0.132. The first-order valence-corrected chi connectivity index (χ1v) is 9.19. The maximum atomic E-state index is 12.8. The average Bonchev–Trinajstić information content (AvgIpc) is 2.99. The minimum Gasteiger partial charge on any atom is -0.349 e. The molecule has 0 bridgehead atoms. The second kappa shape index (κ2) is 7.40. The van der Waals surface area contributed by atoms with Gasteiger partial charge in [0.05, 0.1) is 6.04 Å². The van der Waals surface area contributed by atoms with Crippen molar-refractivity contribution in [3.8, 4) is 0 Å². The lowest BCUT2D eigenvalue weighted by atomic mass is 10.0. The molecule has 4 nitrogen and oxygen atoms in total. The Balaban J connectivity index is 1.71. The summed E-state index contributed by atoms with van der Waals surface area (Å²) in [5, 5.41) is 2.97. The third-order valence-corrected chi connectivity index (χ3v) is 5.14. The van der Waals surface area contributed by atoms with Gasteiger partial charge in [0.15, 0.2) is 0 Å². The van der Waals surface area contributed by atoms with Crippen LogP contribution in [0.1, 0.15) is 30.5 Å². The number of aryl methyl sites for hydroxylation is 1. The Bertz CT molecular complexity index is 792. The lowest BCUT2D eigenvalue weighted by Gasteiger charge is -2.20. The molecule has 2 aromatic rings. The van der Waals surface area contributed by atoms with Crippen LogP contribution >= 0.6 is 15.9 Å². The summed E-state index contributed by atoms with van der Waals surface area (Å²) in [6.07, 6.45) is 0.540. The Morgan fingerprint density at radius 1 is 1.24 bits per heavy atom. The first kappa shape index (κ1) is 17.7. The van der Waals surface area contributed by atoms with Gasteiger partial charge in [-0.25, -0.2) is 0 Å². The molecule has 2 amide bonds. The molecule has 1 saturated heterocycles. The minimum absolute atomic E-state index is 0.122. The number of benzene rings is 2. The quantitative estimate of drug-likeness (QED) is 0.788. The monoisotopic (exact) mass is 400 g/mol. The molecule has 2 aromatic carbocycles. The van der Waals surface area contributed by atoms with E-state index in [1.54, 1.807) is 4.90 Å². The molecule has 1 aliphatic heterocycles. The normalized spacial score (nSPS) is 18.3. The van der Waals surface area contributed by atoms with E-state index in [1.165, 1.54) is 0 Å². The van der Waals surface area contributed by atoms with Crippen molar-refractivity contribution in [1.82, 2.24) is 5.32 Å². The molecule has 2 atom stereocenters. The molecular formula is C20H21BrN2O2. The highest BCUT2D eigenvalue weighted by Gasteiger charge is 2.38. The van der Waals surface area contributed by atoms with Crippen molar-refractivity contribution in [2.24, 2.45) is 5.92 Å². The molecular weight excluding hydrogens is 380 g/mol. The molecule has 0 aliphatic carbocycles. The summed E-state index contributed by atoms with van der Waals surface area (Å²) < 4.78 is 0.923. The van der Waals surface area contributed by atoms with Crippen LogP contribution in [0, 0.1) is 12.8 Å². The van der Waals surface area contributed by atoms with Gasteiger partial charge in [0.1, 0.15) is 5.92 Å². The number of carbonyl (C=O) groups is 2. The fraction of sp³-hybridized carbons (Fsp3) is 0.300. The zero-order valence-corrected chi connectivity index (χ0v) is 15.9. The Hall–Kier alpha value is -2.14. The maximum Gasteiger partial charge on any atom is 0.239 e. The Labute approximate surface area is 156 Å². The van der Waals surface area contributed by atoms with Crippen LogP contribution < -0.4 is 10.2 Å². The van der Waals surface area contributed by atoms with Crippen LogP contribution in [0.4, 0.5) is 5.69 Å². The Morgan fingerprint density at radius 3 is 2.68 bits per heavy atom. The molecule has 0 saturated carbocycles. The molecule has 5 heteroatoms. The molecule has 0 unspecified atom stereocenters. The smallest absolute Gasteiger partial charge is 0.239 e. The second-order valence-corrected chi connectivity index (χ2v) is 7.32. The van der Waals surface area contributed by atoms with E-state index in [1.807, 2.05) is 62.4 Å². The fourth-order valence-electron chi connectivity index (χ4n) is 3.17. The second-order valence-electron chi connectivity index (χ2n) is 6.40. The van der Waals surface area contributed by atoms with Gasteiger partial charge in [0, 0.05) is 16.7 Å². The predicted molar refractivity (Wildman–Crippen MR) is 102 cm³/mol. The van der Waals surface area contributed by atoms with Crippen LogP contribution in [-0.4, -0.2) is 18.4 Å². The zero-order valence-electron chi connectivity index (χ0n) is 14.3. The van der Waals surface area contributed by atoms with Gasteiger partial charge in [0.25, 0.3) is 0 Å². The summed E-state index contributed by atoms with van der Waals surface area (Å²) in [5.41, 5.74) is 2.92. The van der Waals surface area contributed by atoms with Gasteiger partial charge in [-0.3, -0.25) is 9.59 Å². The number of amides is 2. The number of hydrogen-bond acceptors (Lipinski definition) is 2. The van der Waals surface area contributed by atoms with E-state index in [0.29, 0.717) is 13.0 Å². The topological polar surface area (TPSA) is 49.4 Å². The number of anilines is 1. The van der Waals surface area contributed by atoms with Gasteiger partial charge in [-0.15, -0.1) is 0 Å². The first-order valence-electron chi connectivity index (χ1n) is 8.40. The van der Waals surface area contributed by atoms with Crippen LogP contribution in [0.15, 0.2) is 53.0 Å². The molecule has 1 heterocycles. The fourth-order valence-corrected chi connectivity index (χ4v) is 3.52. The third kappa shape index (κ3) is 3.76. The summed E-state index contributed by atoms with van der Waals surface area (Å²) >= 11 is 3.45. The van der Waals surface area contributed by atoms with Gasteiger partial charge in [-0.2, -0.15) is 0 Å². The van der Waals surface area contributed by atoms with Crippen molar-refractivity contribution >= 4 is 33.4 Å². The van der Waals surface area contributed by atoms with Gasteiger partial charge < -0.3 is 10.2 Å². The molecule has 1 N–H and O–H groups in total. The van der Waals surface area contributed by atoms with E-state index in [2.05, 4.69) is 21.2 Å². The summed E-state index contributed by atoms with van der Waals surface area (Å²) in [6, 6.07) is 15.5. The molecule has 130 valence electrons. The number of halogens is 1. The van der Waals surface area contributed by atoms with Crippen LogP contribution in [0.25, 0.3) is 0 Å². The largest absolute Gasteiger partial charge is 0.349 e. The summed E-state index contributed by atoms with van der Waals surface area (Å²) in [4.78, 5) is 27.1. The first-order chi connectivity index (χ1) is 12.0. The van der Waals surface area contributed by atoms with Crippen molar-refractivity contribution in [2.75, 3.05) is 11.4 Å². The van der Waals surface area contributed by atoms with Crippen LogP contribution in [0.5, 0.6) is 0 Å². The van der Waals surface area contributed by atoms with Gasteiger partial charge in [0.2, 0.25) is 11.8 Å². The number of carbonyl (C=O) groups excluding carboxylic acids is 2. The highest BCUT2D eigenvalue weighted by molar-refractivity contribution is 9.10. The number of nitrogens with zero attached hydrogens (tertiary/aromatic N) is 1. The van der Waals surface area contributed by atoms with Crippen LogP contribution in [0.3, 0.4) is 0 Å². The average molecular weight is 401 g/mol. The Kier molecular flexibility index (Phi) is 5.23. The summed E-state index contributed by atoms with van der Waals surface area (Å²) in [7, 11) is 0. The van der Waals surface area contributed by atoms with Crippen molar-refractivity contribution in [3.05, 3.63) is 64.1 Å². The minimum atomic E-state index is -0.621. The van der Waals surface area contributed by atoms with E-state index < -0.39 is 5.92 Å². The summed E-state index contributed by atoms with van der Waals surface area (Å²) in [6.45, 7) is 4.47. The molecule has 0 radical (unpaired) electrons. The lowest BCUT2D eigenvalue weighted by Crippen LogP contribution is -2.38. The Morgan fingerprint density at radius 2 is 1.96 bits per heavy atom. The van der Waals surface area contributed by atoms with Crippen molar-refractivity contribution in [1.29, 1.82) is 0 Å². The van der Waals surface area contributed by atoms with E-state index in [4.69, 9.17) is 0 Å². The molecule has 0 spiro atoms. The third-order valence-electron chi connectivity index (χ3n) is 4.64. The molecule has 1 fully saturated rings. The van der Waals surface area contributed by atoms with E-state index in [9.17, 15) is 9.59 Å². The van der Waals surface area contributed by atoms with Gasteiger partial charge in [-0.1, -0.05) is 52.3 Å². The van der Waals surface area contributed by atoms with Crippen LogP contribution in [0.2, 0.25) is 0 Å². The van der Waals surface area contributed by atoms with E-state index in [-0.39, 0.29) is 17.9 Å². The van der Waals surface area contributed by atoms with Crippen molar-refractivity contribution in [2.45, 2.75) is 26.3 Å². The number of hydrogen-bond donors (Lipinski definition) is 1. The van der Waals surface area contributed by atoms with E-state index in [0.717, 1.165) is 21.3 Å². The SMILES string of the molecule is Cc1ccc(Br)cc1N1CC[C@H](C(=O)N[C@H](C)c2ccccc2)C1=O. The van der Waals surface area contributed by atoms with Gasteiger partial charge in [-0.05, 0) is 43.5 Å². The number of rotatable bonds is 4. The molecule has 1 aliphatic rings. The van der Waals surface area contributed by atoms with Crippen molar-refractivity contribution < 1.29 is 9.59 Å². The summed E-state index contributed by atoms with van der Waals surface area (Å²) in [5.74, 6) is -0.944. The standard InChI is InChI=1S/C20H21BrN2O2/c1-13-8-9-16(21)12-18(13)23-11-10-17(20(23)25)19(24)22-14(2)15-6-4-3-5-7-15/h3-9,12,14,17H,10-11H2,1-2H3,(H,22,24)/t14-,17-/m1/s1. The maximum absolute atomic E-state index is 12.8. The molecule has 0 aromatic heterocycles. The predicted octanol–water partition coefficient (Wildman–Crippen LogP) is 3.99. The highest BCUT2D eigenvalue weighted by atomic mass is 79.9.